The van der Waals surface area contributed by atoms with Gasteiger partial charge >= 0.3 is 0 Å². The maximum absolute atomic E-state index is 5.50. The molecule has 0 bridgehead atoms. The Bertz CT molecular complexity index is 143. The van der Waals surface area contributed by atoms with Crippen molar-refractivity contribution in [3.63, 3.8) is 0 Å². The monoisotopic (exact) mass is 157 g/mol. The Labute approximate surface area is 61.7 Å². The molecule has 1 heterocycles. The van der Waals surface area contributed by atoms with Gasteiger partial charge in [-0.2, -0.15) is 0 Å². The smallest absolute Gasteiger partial charge is 0.139 e. The maximum Gasteiger partial charge on any atom is 0.211 e. The van der Waals surface area contributed by atoms with Gasteiger partial charge in [-0.25, -0.2) is 0 Å². The summed E-state index contributed by atoms with van der Waals surface area (Å²) >= 11 is 0. The Kier molecular flexibility index (Phi) is 11.9. The summed E-state index contributed by atoms with van der Waals surface area (Å²) in [7, 11) is 0. The first kappa shape index (κ1) is 11.3. The second-order valence-corrected chi connectivity index (χ2v) is 0.923. The van der Waals surface area contributed by atoms with E-state index in [0.717, 1.165) is 0 Å². The van der Waals surface area contributed by atoms with E-state index in [1.54, 1.807) is 18.5 Å². The highest BCUT2D eigenvalue weighted by Gasteiger charge is 1.60. The molecule has 0 fully saturated rings. The van der Waals surface area contributed by atoms with Crippen LogP contribution in [0, 0.1) is 11.1 Å². The van der Waals surface area contributed by atoms with E-state index in [2.05, 4.69) is 15.4 Å². The zero-order valence-corrected chi connectivity index (χ0v) is 4.52. The summed E-state index contributed by atoms with van der Waals surface area (Å²) in [6.07, 6.45) is 3.15. The largest absolute Gasteiger partial charge is 0.211 e. The summed E-state index contributed by atoms with van der Waals surface area (Å²) < 4.78 is 0. The number of nitrogens with zero attached hydrogens (tertiary/aromatic N) is 4. The molecular weight excluding hydrogens is 148 g/mol. The molecule has 2 N–H and O–H groups in total. The van der Waals surface area contributed by atoms with Crippen LogP contribution >= 0.6 is 0 Å². The fraction of sp³-hybridized carbons (Fsp3) is 0. The molecule has 1 aromatic rings. The van der Waals surface area contributed by atoms with Gasteiger partial charge in [-0.05, 0) is 22.2 Å². The van der Waals surface area contributed by atoms with Gasteiger partial charge in [0.1, 0.15) is 11.1 Å². The van der Waals surface area contributed by atoms with Gasteiger partial charge in [-0.1, -0.05) is 0 Å². The molecule has 0 aromatic carbocycles. The van der Waals surface area contributed by atoms with E-state index in [-0.39, 0.29) is 11.0 Å². The molecule has 7 heteroatoms. The van der Waals surface area contributed by atoms with Gasteiger partial charge in [0.2, 0.25) is 4.91 Å². The summed E-state index contributed by atoms with van der Waals surface area (Å²) in [6, 6.07) is 1.72. The lowest BCUT2D eigenvalue weighted by Crippen LogP contribution is -1.78. The first-order valence-electron chi connectivity index (χ1n) is 2.03. The minimum atomic E-state index is 0. The van der Waals surface area contributed by atoms with E-state index in [1.807, 2.05) is 4.91 Å². The van der Waals surface area contributed by atoms with Crippen LogP contribution in [-0.2, 0) is 0 Å². The number of hydrogen-bond donors (Lipinski definition) is 2. The predicted molar refractivity (Wildman–Crippen MR) is 38.7 cm³/mol. The van der Waals surface area contributed by atoms with Crippen LogP contribution in [0.1, 0.15) is 0 Å². The molecule has 0 atom stereocenters. The van der Waals surface area contributed by atoms with Crippen molar-refractivity contribution in [2.45, 2.75) is 0 Å². The normalized spacial score (nSPS) is 5.60. The molecular formula is C3H9N6Si+. The molecule has 0 radical (unpaired) electrons. The lowest BCUT2D eigenvalue weighted by atomic mass is 10.7. The fourth-order valence-electron chi connectivity index (χ4n) is 0.205. The van der Waals surface area contributed by atoms with Gasteiger partial charge < -0.3 is 0 Å². The average Bonchev–Trinajstić information content (AvgIpc) is 1.93. The highest BCUT2D eigenvalue weighted by atomic mass is 28.1. The Hall–Kier alpha value is -1.46. The lowest BCUT2D eigenvalue weighted by molar-refractivity contribution is 0.865. The van der Waals surface area contributed by atoms with Gasteiger partial charge in [0, 0.05) is 0 Å². The molecule has 10 heavy (non-hydrogen) atoms. The highest BCUT2D eigenvalue weighted by molar-refractivity contribution is 5.75. The summed E-state index contributed by atoms with van der Waals surface area (Å²) in [5, 5.41) is 10.1. The first-order valence-corrected chi connectivity index (χ1v) is 2.03. The first-order chi connectivity index (χ1) is 4.41. The summed E-state index contributed by atoms with van der Waals surface area (Å²) in [5.41, 5.74) is 11.0. The third-order valence-corrected chi connectivity index (χ3v) is 0.409. The van der Waals surface area contributed by atoms with Crippen molar-refractivity contribution >= 4 is 11.0 Å². The van der Waals surface area contributed by atoms with Crippen molar-refractivity contribution in [2.24, 2.45) is 0 Å². The van der Waals surface area contributed by atoms with Crippen LogP contribution in [0.15, 0.2) is 18.5 Å². The van der Waals surface area contributed by atoms with Crippen LogP contribution in [0.3, 0.4) is 0 Å². The summed E-state index contributed by atoms with van der Waals surface area (Å²) in [4.78, 5) is 2.00. The van der Waals surface area contributed by atoms with Gasteiger partial charge in [0.25, 0.3) is 0 Å². The molecule has 0 unspecified atom stereocenters. The van der Waals surface area contributed by atoms with Crippen LogP contribution in [0.5, 0.6) is 0 Å². The molecule has 54 valence electrons. The van der Waals surface area contributed by atoms with E-state index in [9.17, 15) is 0 Å². The van der Waals surface area contributed by atoms with Crippen molar-refractivity contribution in [1.29, 1.82) is 11.1 Å². The SMILES string of the molecule is N=[N+]=N.[SiH4].c1cnnnc1. The molecule has 6 nitrogen and oxygen atoms in total. The van der Waals surface area contributed by atoms with E-state index < -0.39 is 0 Å². The molecule has 0 spiro atoms. The quantitative estimate of drug-likeness (QED) is 0.273. The topological polar surface area (TPSA) is 100 Å². The minimum absolute atomic E-state index is 0. The van der Waals surface area contributed by atoms with Crippen LogP contribution in [0.4, 0.5) is 0 Å². The van der Waals surface area contributed by atoms with Gasteiger partial charge in [0.15, 0.2) is 0 Å². The molecule has 1 rings (SSSR count). The van der Waals surface area contributed by atoms with Crippen LogP contribution < -0.4 is 4.91 Å². The van der Waals surface area contributed by atoms with E-state index in [1.165, 1.54) is 0 Å². The fourth-order valence-corrected chi connectivity index (χ4v) is 0.205. The zero-order chi connectivity index (χ0) is 6.95. The maximum atomic E-state index is 5.50. The van der Waals surface area contributed by atoms with Gasteiger partial charge in [-0.15, -0.1) is 10.2 Å². The predicted octanol–water partition coefficient (Wildman–Crippen LogP) is -1.46. The van der Waals surface area contributed by atoms with Gasteiger partial charge in [0.05, 0.1) is 12.4 Å². The van der Waals surface area contributed by atoms with Crippen molar-refractivity contribution in [3.8, 4) is 0 Å². The third-order valence-electron chi connectivity index (χ3n) is 0.409. The standard InChI is InChI=1S/C3H3N3.H2N3.H4Si/c1-2-4-6-5-3-1;1-3-2;/h1-3H;1-2H;1H4/q;+1;. The molecule has 0 aliphatic heterocycles. The van der Waals surface area contributed by atoms with E-state index in [4.69, 9.17) is 11.1 Å². The van der Waals surface area contributed by atoms with Crippen molar-refractivity contribution in [1.82, 2.24) is 20.3 Å². The molecule has 0 aliphatic rings. The molecule has 0 aliphatic carbocycles. The van der Waals surface area contributed by atoms with Crippen LogP contribution in [-0.4, -0.2) is 26.4 Å². The summed E-state index contributed by atoms with van der Waals surface area (Å²) in [5.74, 6) is 0. The lowest BCUT2D eigenvalue weighted by Gasteiger charge is -1.68. The Morgan fingerprint density at radius 3 is 1.60 bits per heavy atom. The molecule has 0 amide bonds. The molecule has 0 saturated heterocycles. The van der Waals surface area contributed by atoms with Crippen molar-refractivity contribution < 1.29 is 0 Å². The second-order valence-electron chi connectivity index (χ2n) is 0.923. The summed E-state index contributed by atoms with van der Waals surface area (Å²) in [6.45, 7) is 0. The van der Waals surface area contributed by atoms with E-state index in [0.29, 0.717) is 0 Å². The number of hydrogen-bond acceptors (Lipinski definition) is 5. The minimum Gasteiger partial charge on any atom is -0.139 e. The Morgan fingerprint density at radius 1 is 1.10 bits per heavy atom. The van der Waals surface area contributed by atoms with Crippen LogP contribution in [0.25, 0.3) is 0 Å². The Balaban J connectivity index is 0. The van der Waals surface area contributed by atoms with E-state index >= 15 is 0 Å². The number of aromatic nitrogens is 3. The number of rotatable bonds is 0. The molecule has 0 saturated carbocycles. The van der Waals surface area contributed by atoms with Crippen LogP contribution in [0.2, 0.25) is 0 Å². The average molecular weight is 157 g/mol. The van der Waals surface area contributed by atoms with Crippen molar-refractivity contribution in [3.05, 3.63) is 18.5 Å². The highest BCUT2D eigenvalue weighted by Crippen LogP contribution is 1.61. The van der Waals surface area contributed by atoms with Crippen molar-refractivity contribution in [2.75, 3.05) is 0 Å². The second kappa shape index (κ2) is 10.5. The third kappa shape index (κ3) is 9.74. The zero-order valence-electron chi connectivity index (χ0n) is 4.52. The number of nitrogens with one attached hydrogen (secondary N) is 2. The Morgan fingerprint density at radius 2 is 1.50 bits per heavy atom. The molecule has 1 aromatic heterocycles. The van der Waals surface area contributed by atoms with Gasteiger partial charge in [-0.3, -0.25) is 0 Å².